The predicted octanol–water partition coefficient (Wildman–Crippen LogP) is 10.0. The second-order valence-corrected chi connectivity index (χ2v) is 13.6. The van der Waals surface area contributed by atoms with Crippen LogP contribution in [0.1, 0.15) is 48.7 Å². The van der Waals surface area contributed by atoms with E-state index < -0.39 is 5.41 Å². The Morgan fingerprint density at radius 1 is 0.574 bits per heavy atom. The predicted molar refractivity (Wildman–Crippen MR) is 192 cm³/mol. The van der Waals surface area contributed by atoms with Gasteiger partial charge in [0, 0.05) is 35.1 Å². The maximum Gasteiger partial charge on any atom is 0.0886 e. The van der Waals surface area contributed by atoms with Crippen LogP contribution in [0, 0.1) is 0 Å². The van der Waals surface area contributed by atoms with Crippen LogP contribution < -0.4 is 0 Å². The maximum absolute atomic E-state index is 5.11. The molecule has 47 heavy (non-hydrogen) atoms. The average Bonchev–Trinajstić information content (AvgIpc) is 3.83. The number of rotatable bonds is 4. The summed E-state index contributed by atoms with van der Waals surface area (Å²) in [5.41, 5.74) is 12.4. The number of para-hydroxylation sites is 1. The van der Waals surface area contributed by atoms with E-state index in [9.17, 15) is 0 Å². The van der Waals surface area contributed by atoms with Gasteiger partial charge in [-0.25, -0.2) is 4.68 Å². The largest absolute Gasteiger partial charge is 0.309 e. The Hall–Kier alpha value is -5.74. The molecular formula is C43H34N4. The van der Waals surface area contributed by atoms with Crippen LogP contribution in [-0.4, -0.2) is 19.3 Å². The van der Waals surface area contributed by atoms with Crippen LogP contribution in [0.5, 0.6) is 0 Å². The zero-order chi connectivity index (χ0) is 31.8. The third kappa shape index (κ3) is 4.01. The molecule has 226 valence electrons. The van der Waals surface area contributed by atoms with Gasteiger partial charge in [0.05, 0.1) is 27.8 Å². The van der Waals surface area contributed by atoms with Crippen LogP contribution in [-0.2, 0) is 10.8 Å². The van der Waals surface area contributed by atoms with Gasteiger partial charge >= 0.3 is 0 Å². The van der Waals surface area contributed by atoms with Gasteiger partial charge < -0.3 is 4.57 Å². The van der Waals surface area contributed by atoms with Gasteiger partial charge in [-0.2, -0.15) is 5.10 Å². The van der Waals surface area contributed by atoms with E-state index in [2.05, 4.69) is 152 Å². The molecule has 4 heteroatoms. The molecule has 0 spiro atoms. The lowest BCUT2D eigenvalue weighted by molar-refractivity contribution is 0.586. The summed E-state index contributed by atoms with van der Waals surface area (Å²) in [4.78, 5) is 5.11. The van der Waals surface area contributed by atoms with Crippen molar-refractivity contribution < 1.29 is 0 Å². The van der Waals surface area contributed by atoms with Crippen LogP contribution in [0.25, 0.3) is 44.3 Å². The molecule has 4 nitrogen and oxygen atoms in total. The Morgan fingerprint density at radius 3 is 1.98 bits per heavy atom. The molecule has 1 aliphatic rings. The van der Waals surface area contributed by atoms with E-state index in [-0.39, 0.29) is 5.41 Å². The molecule has 9 rings (SSSR count). The minimum atomic E-state index is -0.594. The zero-order valence-corrected chi connectivity index (χ0v) is 26.7. The molecule has 0 saturated carbocycles. The summed E-state index contributed by atoms with van der Waals surface area (Å²) in [5.74, 6) is 0. The first-order chi connectivity index (χ1) is 22.9. The summed E-state index contributed by atoms with van der Waals surface area (Å²) >= 11 is 0. The highest BCUT2D eigenvalue weighted by Gasteiger charge is 2.47. The van der Waals surface area contributed by atoms with E-state index in [1.165, 1.54) is 49.7 Å². The van der Waals surface area contributed by atoms with Gasteiger partial charge in [0.2, 0.25) is 0 Å². The van der Waals surface area contributed by atoms with Crippen molar-refractivity contribution in [1.29, 1.82) is 0 Å². The molecule has 0 atom stereocenters. The van der Waals surface area contributed by atoms with E-state index >= 15 is 0 Å². The molecule has 0 bridgehead atoms. The fourth-order valence-electron chi connectivity index (χ4n) is 7.75. The fourth-order valence-corrected chi connectivity index (χ4v) is 7.75. The van der Waals surface area contributed by atoms with Gasteiger partial charge in [0.1, 0.15) is 0 Å². The second kappa shape index (κ2) is 10.1. The van der Waals surface area contributed by atoms with Crippen LogP contribution in [0.2, 0.25) is 0 Å². The van der Waals surface area contributed by atoms with Crippen molar-refractivity contribution in [3.8, 4) is 22.5 Å². The van der Waals surface area contributed by atoms with Gasteiger partial charge in [-0.1, -0.05) is 106 Å². The number of benzene rings is 5. The smallest absolute Gasteiger partial charge is 0.0886 e. The molecular weight excluding hydrogens is 573 g/mol. The number of hydrogen-bond acceptors (Lipinski definition) is 2. The van der Waals surface area contributed by atoms with Crippen LogP contribution in [0.3, 0.4) is 0 Å². The molecule has 0 fully saturated rings. The van der Waals surface area contributed by atoms with Crippen molar-refractivity contribution in [1.82, 2.24) is 19.3 Å². The van der Waals surface area contributed by atoms with Crippen molar-refractivity contribution >= 4 is 21.8 Å². The first kappa shape index (κ1) is 27.6. The van der Waals surface area contributed by atoms with Crippen LogP contribution >= 0.6 is 0 Å². The summed E-state index contributed by atoms with van der Waals surface area (Å²) in [6.07, 6.45) is 5.75. The monoisotopic (exact) mass is 606 g/mol. The molecule has 5 aromatic carbocycles. The minimum absolute atomic E-state index is 0.104. The Labute approximate surface area is 274 Å². The van der Waals surface area contributed by atoms with Crippen molar-refractivity contribution in [2.75, 3.05) is 0 Å². The molecule has 0 unspecified atom stereocenters. The summed E-state index contributed by atoms with van der Waals surface area (Å²) in [6.45, 7) is 6.92. The summed E-state index contributed by atoms with van der Waals surface area (Å²) in [7, 11) is 0. The lowest BCUT2D eigenvalue weighted by Crippen LogP contribution is -2.30. The van der Waals surface area contributed by atoms with E-state index in [4.69, 9.17) is 4.98 Å². The van der Waals surface area contributed by atoms with E-state index in [0.717, 1.165) is 22.6 Å². The second-order valence-electron chi connectivity index (χ2n) is 13.6. The number of fused-ring (bicyclic) bond motifs is 6. The topological polar surface area (TPSA) is 35.6 Å². The quantitative estimate of drug-likeness (QED) is 0.200. The Bertz CT molecular complexity index is 2400. The van der Waals surface area contributed by atoms with Crippen molar-refractivity contribution in [3.05, 3.63) is 180 Å². The molecule has 1 aliphatic carbocycles. The lowest BCUT2D eigenvalue weighted by atomic mass is 9.68. The summed E-state index contributed by atoms with van der Waals surface area (Å²) in [5, 5.41) is 7.00. The Balaban J connectivity index is 1.42. The van der Waals surface area contributed by atoms with Crippen molar-refractivity contribution in [2.45, 2.75) is 31.6 Å². The average molecular weight is 607 g/mol. The highest BCUT2D eigenvalue weighted by molar-refractivity contribution is 6.09. The van der Waals surface area contributed by atoms with Gasteiger partial charge in [0.15, 0.2) is 0 Å². The molecule has 3 heterocycles. The number of nitrogens with zero attached hydrogens (tertiary/aromatic N) is 4. The third-order valence-corrected chi connectivity index (χ3v) is 9.90. The molecule has 3 aromatic heterocycles. The third-order valence-electron chi connectivity index (χ3n) is 9.90. The number of aromatic nitrogens is 4. The van der Waals surface area contributed by atoms with Crippen molar-refractivity contribution in [3.63, 3.8) is 0 Å². The maximum atomic E-state index is 5.11. The Kier molecular flexibility index (Phi) is 5.94. The molecule has 0 amide bonds. The lowest BCUT2D eigenvalue weighted by Gasteiger charge is -2.34. The standard InChI is InChI=1S/C43H34N4/c1-42(2,3)29-25-30(43(41-19-10-11-22-44-41)37-16-7-4-13-33(37)34-14-5-8-17-38(34)43)27-32(26-29)47-39-18-9-6-15-35(39)36-21-20-31(28-40(36)47)46-24-12-23-45-46/h4-28H,1-3H3. The highest BCUT2D eigenvalue weighted by Crippen LogP contribution is 2.56. The van der Waals surface area contributed by atoms with Crippen LogP contribution in [0.15, 0.2) is 152 Å². The highest BCUT2D eigenvalue weighted by atomic mass is 15.3. The first-order valence-corrected chi connectivity index (χ1v) is 16.3. The normalized spacial score (nSPS) is 13.6. The van der Waals surface area contributed by atoms with Crippen LogP contribution in [0.4, 0.5) is 0 Å². The zero-order valence-electron chi connectivity index (χ0n) is 26.7. The number of hydrogen-bond donors (Lipinski definition) is 0. The molecule has 0 aliphatic heterocycles. The fraction of sp³-hybridized carbons (Fsp3) is 0.116. The number of pyridine rings is 1. The van der Waals surface area contributed by atoms with Crippen molar-refractivity contribution in [2.24, 2.45) is 0 Å². The summed E-state index contributed by atoms with van der Waals surface area (Å²) < 4.78 is 4.37. The van der Waals surface area contributed by atoms with E-state index in [0.29, 0.717) is 0 Å². The molecule has 0 radical (unpaired) electrons. The first-order valence-electron chi connectivity index (χ1n) is 16.3. The summed E-state index contributed by atoms with van der Waals surface area (Å²) in [6, 6.07) is 48.7. The SMILES string of the molecule is CC(C)(C)c1cc(-n2c3ccccc3c3ccc(-n4cccn4)cc32)cc(C2(c3ccccn3)c3ccccc3-c3ccccc32)c1. The molecule has 0 saturated heterocycles. The van der Waals surface area contributed by atoms with E-state index in [1.54, 1.807) is 0 Å². The minimum Gasteiger partial charge on any atom is -0.309 e. The van der Waals surface area contributed by atoms with Gasteiger partial charge in [0.25, 0.3) is 0 Å². The van der Waals surface area contributed by atoms with Gasteiger partial charge in [-0.15, -0.1) is 0 Å². The Morgan fingerprint density at radius 2 is 1.28 bits per heavy atom. The van der Waals surface area contributed by atoms with Gasteiger partial charge in [-0.3, -0.25) is 4.98 Å². The molecule has 8 aromatic rings. The van der Waals surface area contributed by atoms with E-state index in [1.807, 2.05) is 35.4 Å². The van der Waals surface area contributed by atoms with Gasteiger partial charge in [-0.05, 0) is 87.3 Å². The molecule has 0 N–H and O–H groups in total.